The minimum atomic E-state index is -0.542. The Morgan fingerprint density at radius 2 is 1.83 bits per heavy atom. The summed E-state index contributed by atoms with van der Waals surface area (Å²) in [4.78, 5) is 24.1. The first-order valence-corrected chi connectivity index (χ1v) is 7.24. The van der Waals surface area contributed by atoms with Crippen molar-refractivity contribution >= 4 is 5.91 Å². The molecule has 2 aromatic rings. The van der Waals surface area contributed by atoms with Crippen LogP contribution < -0.4 is 25.0 Å². The number of nitrogens with zero attached hydrogens (tertiary/aromatic N) is 2. The van der Waals surface area contributed by atoms with Crippen molar-refractivity contribution in [2.75, 3.05) is 27.9 Å². The van der Waals surface area contributed by atoms with E-state index in [9.17, 15) is 9.59 Å². The Bertz CT molecular complexity index is 801. The summed E-state index contributed by atoms with van der Waals surface area (Å²) >= 11 is 0. The first kappa shape index (κ1) is 17.3. The standard InChI is InChI=1S/C16H19N3O5/c1-5-17-16(21)15-11(20)9-14(24-4)19(18-15)10-6-7-12(22-2)13(8-10)23-3/h6-9H,5H2,1-4H3,(H,17,21). The van der Waals surface area contributed by atoms with E-state index in [1.54, 1.807) is 25.1 Å². The van der Waals surface area contributed by atoms with E-state index in [-0.39, 0.29) is 11.6 Å². The molecule has 1 aromatic heterocycles. The lowest BCUT2D eigenvalue weighted by atomic mass is 10.2. The van der Waals surface area contributed by atoms with E-state index in [1.807, 2.05) is 0 Å². The van der Waals surface area contributed by atoms with Crippen molar-refractivity contribution in [3.63, 3.8) is 0 Å². The number of amides is 1. The highest BCUT2D eigenvalue weighted by atomic mass is 16.5. The van der Waals surface area contributed by atoms with E-state index in [1.165, 1.54) is 32.1 Å². The van der Waals surface area contributed by atoms with Crippen molar-refractivity contribution in [3.8, 4) is 23.1 Å². The number of methoxy groups -OCH3 is 3. The molecule has 2 rings (SSSR count). The third-order valence-corrected chi connectivity index (χ3v) is 3.27. The summed E-state index contributed by atoms with van der Waals surface area (Å²) in [7, 11) is 4.46. The summed E-state index contributed by atoms with van der Waals surface area (Å²) in [6, 6.07) is 6.29. The van der Waals surface area contributed by atoms with Crippen LogP contribution in [-0.4, -0.2) is 43.6 Å². The number of carbonyl (C=O) groups is 1. The second kappa shape index (κ2) is 7.49. The van der Waals surface area contributed by atoms with E-state index >= 15 is 0 Å². The minimum absolute atomic E-state index is 0.195. The smallest absolute Gasteiger partial charge is 0.275 e. The van der Waals surface area contributed by atoms with Gasteiger partial charge in [0.2, 0.25) is 11.3 Å². The molecular weight excluding hydrogens is 314 g/mol. The SMILES string of the molecule is CCNC(=O)c1nn(-c2ccc(OC)c(OC)c2)c(OC)cc1=O. The molecule has 1 heterocycles. The zero-order valence-corrected chi connectivity index (χ0v) is 14.0. The van der Waals surface area contributed by atoms with Crippen LogP contribution >= 0.6 is 0 Å². The van der Waals surface area contributed by atoms with Gasteiger partial charge in [0.15, 0.2) is 17.2 Å². The van der Waals surface area contributed by atoms with Crippen LogP contribution in [0.3, 0.4) is 0 Å². The Labute approximate surface area is 139 Å². The van der Waals surface area contributed by atoms with E-state index in [0.29, 0.717) is 23.7 Å². The van der Waals surface area contributed by atoms with Crippen LogP contribution in [-0.2, 0) is 0 Å². The first-order chi connectivity index (χ1) is 11.5. The molecule has 1 aromatic carbocycles. The van der Waals surface area contributed by atoms with Gasteiger partial charge in [-0.15, -0.1) is 0 Å². The second-order valence-corrected chi connectivity index (χ2v) is 4.71. The van der Waals surface area contributed by atoms with Crippen LogP contribution in [0.5, 0.6) is 17.4 Å². The van der Waals surface area contributed by atoms with Gasteiger partial charge in [-0.2, -0.15) is 9.78 Å². The molecule has 0 bridgehead atoms. The monoisotopic (exact) mass is 333 g/mol. The topological polar surface area (TPSA) is 91.7 Å². The van der Waals surface area contributed by atoms with Gasteiger partial charge in [-0.25, -0.2) is 0 Å². The number of hydrogen-bond donors (Lipinski definition) is 1. The predicted octanol–water partition coefficient (Wildman–Crippen LogP) is 1.01. The molecule has 0 radical (unpaired) electrons. The van der Waals surface area contributed by atoms with Gasteiger partial charge in [0, 0.05) is 12.6 Å². The van der Waals surface area contributed by atoms with Gasteiger partial charge in [-0.05, 0) is 19.1 Å². The van der Waals surface area contributed by atoms with E-state index in [0.717, 1.165) is 0 Å². The summed E-state index contributed by atoms with van der Waals surface area (Å²) in [6.07, 6.45) is 0. The fourth-order valence-corrected chi connectivity index (χ4v) is 2.13. The fraction of sp³-hybridized carbons (Fsp3) is 0.312. The third kappa shape index (κ3) is 3.32. The number of ether oxygens (including phenoxy) is 3. The molecular formula is C16H19N3O5. The van der Waals surface area contributed by atoms with Crippen molar-refractivity contribution in [2.45, 2.75) is 6.92 Å². The third-order valence-electron chi connectivity index (χ3n) is 3.27. The fourth-order valence-electron chi connectivity index (χ4n) is 2.13. The zero-order chi connectivity index (χ0) is 17.7. The van der Waals surface area contributed by atoms with Gasteiger partial charge in [0.25, 0.3) is 5.91 Å². The van der Waals surface area contributed by atoms with Crippen LogP contribution in [0.15, 0.2) is 29.1 Å². The Morgan fingerprint density at radius 3 is 2.42 bits per heavy atom. The summed E-state index contributed by atoms with van der Waals surface area (Å²) in [5.41, 5.74) is -0.183. The maximum Gasteiger partial charge on any atom is 0.275 e. The molecule has 0 atom stereocenters. The van der Waals surface area contributed by atoms with Crippen LogP contribution in [0.4, 0.5) is 0 Å². The normalized spacial score (nSPS) is 10.2. The summed E-state index contributed by atoms with van der Waals surface area (Å²) < 4.78 is 17.0. The van der Waals surface area contributed by atoms with Crippen molar-refractivity contribution in [1.82, 2.24) is 15.1 Å². The van der Waals surface area contributed by atoms with Gasteiger partial charge in [-0.1, -0.05) is 0 Å². The lowest BCUT2D eigenvalue weighted by Gasteiger charge is -2.14. The number of aromatic nitrogens is 2. The molecule has 8 nitrogen and oxygen atoms in total. The number of benzene rings is 1. The summed E-state index contributed by atoms with van der Waals surface area (Å²) in [5.74, 6) is 0.682. The largest absolute Gasteiger partial charge is 0.493 e. The van der Waals surface area contributed by atoms with E-state index < -0.39 is 11.3 Å². The summed E-state index contributed by atoms with van der Waals surface area (Å²) in [6.45, 7) is 2.15. The molecule has 128 valence electrons. The molecule has 24 heavy (non-hydrogen) atoms. The second-order valence-electron chi connectivity index (χ2n) is 4.71. The molecule has 1 N–H and O–H groups in total. The van der Waals surface area contributed by atoms with E-state index in [2.05, 4.69) is 10.4 Å². The minimum Gasteiger partial charge on any atom is -0.493 e. The number of rotatable bonds is 6. The van der Waals surface area contributed by atoms with Crippen molar-refractivity contribution in [2.24, 2.45) is 0 Å². The van der Waals surface area contributed by atoms with Crippen LogP contribution in [0.1, 0.15) is 17.4 Å². The Hall–Kier alpha value is -3.03. The average molecular weight is 333 g/mol. The molecule has 1 amide bonds. The Balaban J connectivity index is 2.62. The zero-order valence-electron chi connectivity index (χ0n) is 14.0. The van der Waals surface area contributed by atoms with Gasteiger partial charge >= 0.3 is 0 Å². The Morgan fingerprint density at radius 1 is 1.12 bits per heavy atom. The maximum atomic E-state index is 12.1. The molecule has 0 saturated carbocycles. The molecule has 0 aliphatic rings. The molecule has 0 saturated heterocycles. The quantitative estimate of drug-likeness (QED) is 0.848. The Kier molecular flexibility index (Phi) is 5.41. The van der Waals surface area contributed by atoms with Gasteiger partial charge in [0.05, 0.1) is 33.1 Å². The molecule has 0 fully saturated rings. The van der Waals surface area contributed by atoms with Crippen molar-refractivity contribution < 1.29 is 19.0 Å². The van der Waals surface area contributed by atoms with Crippen molar-refractivity contribution in [3.05, 3.63) is 40.2 Å². The van der Waals surface area contributed by atoms with E-state index in [4.69, 9.17) is 14.2 Å². The average Bonchev–Trinajstić information content (AvgIpc) is 2.60. The predicted molar refractivity (Wildman–Crippen MR) is 87.5 cm³/mol. The molecule has 0 aliphatic heterocycles. The molecule has 0 spiro atoms. The van der Waals surface area contributed by atoms with Crippen LogP contribution in [0.2, 0.25) is 0 Å². The van der Waals surface area contributed by atoms with Gasteiger partial charge in [0.1, 0.15) is 0 Å². The number of carbonyl (C=O) groups excluding carboxylic acids is 1. The van der Waals surface area contributed by atoms with Crippen LogP contribution in [0, 0.1) is 0 Å². The number of nitrogens with one attached hydrogen (secondary N) is 1. The lowest BCUT2D eigenvalue weighted by Crippen LogP contribution is -2.31. The van der Waals surface area contributed by atoms with Gasteiger partial charge in [-0.3, -0.25) is 9.59 Å². The molecule has 0 unspecified atom stereocenters. The lowest BCUT2D eigenvalue weighted by molar-refractivity contribution is 0.0947. The first-order valence-electron chi connectivity index (χ1n) is 7.24. The highest BCUT2D eigenvalue weighted by Crippen LogP contribution is 2.29. The van der Waals surface area contributed by atoms with Crippen molar-refractivity contribution in [1.29, 1.82) is 0 Å². The highest BCUT2D eigenvalue weighted by molar-refractivity contribution is 5.92. The number of hydrogen-bond acceptors (Lipinski definition) is 6. The van der Waals surface area contributed by atoms with Gasteiger partial charge < -0.3 is 19.5 Å². The molecule has 0 aliphatic carbocycles. The highest BCUT2D eigenvalue weighted by Gasteiger charge is 2.17. The van der Waals surface area contributed by atoms with Crippen LogP contribution in [0.25, 0.3) is 5.69 Å². The summed E-state index contributed by atoms with van der Waals surface area (Å²) in [5, 5.41) is 6.69. The molecule has 8 heteroatoms. The maximum absolute atomic E-state index is 12.1.